The average Bonchev–Trinajstić information content (AvgIpc) is 3.47. The maximum atomic E-state index is 13.5. The molecule has 2 heterocycles. The van der Waals surface area contributed by atoms with Gasteiger partial charge in [0.1, 0.15) is 0 Å². The number of carbonyl (C=O) groups excluding carboxylic acids is 2. The predicted molar refractivity (Wildman–Crippen MR) is 142 cm³/mol. The Labute approximate surface area is 217 Å². The molecule has 2 saturated heterocycles. The highest BCUT2D eigenvalue weighted by atomic mass is 16.3. The van der Waals surface area contributed by atoms with Crippen molar-refractivity contribution in [2.45, 2.75) is 102 Å². The van der Waals surface area contributed by atoms with Gasteiger partial charge in [0, 0.05) is 42.8 Å². The van der Waals surface area contributed by atoms with Crippen molar-refractivity contribution in [3.8, 4) is 0 Å². The minimum atomic E-state index is -0.926. The molecule has 0 bridgehead atoms. The normalized spacial score (nSPS) is 31.8. The first-order chi connectivity index (χ1) is 17.2. The van der Waals surface area contributed by atoms with Gasteiger partial charge >= 0.3 is 0 Å². The molecule has 2 aliphatic carbocycles. The monoisotopic (exact) mass is 494 g/mol. The van der Waals surface area contributed by atoms with Gasteiger partial charge in [-0.25, -0.2) is 0 Å². The summed E-state index contributed by atoms with van der Waals surface area (Å²) in [4.78, 5) is 30.7. The van der Waals surface area contributed by atoms with Crippen molar-refractivity contribution in [3.05, 3.63) is 35.9 Å². The molecule has 198 valence electrons. The van der Waals surface area contributed by atoms with Crippen molar-refractivity contribution >= 4 is 11.8 Å². The molecule has 1 spiro atoms. The Hall–Kier alpha value is -1.88. The second-order valence-corrected chi connectivity index (χ2v) is 13.0. The summed E-state index contributed by atoms with van der Waals surface area (Å²) in [5, 5.41) is 12.2. The Kier molecular flexibility index (Phi) is 7.24. The van der Waals surface area contributed by atoms with Crippen molar-refractivity contribution < 1.29 is 14.7 Å². The molecule has 36 heavy (non-hydrogen) atoms. The van der Waals surface area contributed by atoms with E-state index in [4.69, 9.17) is 0 Å². The Morgan fingerprint density at radius 3 is 2.42 bits per heavy atom. The van der Waals surface area contributed by atoms with Gasteiger partial charge in [-0.3, -0.25) is 9.59 Å². The summed E-state index contributed by atoms with van der Waals surface area (Å²) in [6.07, 6.45) is 12.7. The lowest BCUT2D eigenvalue weighted by Crippen LogP contribution is -2.64. The largest absolute Gasteiger partial charge is 0.387 e. The van der Waals surface area contributed by atoms with Crippen molar-refractivity contribution in [2.75, 3.05) is 26.2 Å². The molecule has 5 heteroatoms. The molecule has 3 atom stereocenters. The smallest absolute Gasteiger partial charge is 0.225 e. The van der Waals surface area contributed by atoms with Gasteiger partial charge in [0.05, 0.1) is 12.1 Å². The standard InChI is InChI=1S/C31H46N2O3/c1-24(19-25-11-5-3-6-12-25)28(35)32-18-17-31(36,30(22-32)15-9-10-16-30)23-33-21-29(2,20-27(33)34)26-13-7-4-8-14-26/h4,7-8,13-14,24-25,36H,3,5-6,9-12,15-23H2,1-2H3/t24-,29+,31-/m1/s1. The molecule has 0 unspecified atom stereocenters. The summed E-state index contributed by atoms with van der Waals surface area (Å²) >= 11 is 0. The van der Waals surface area contributed by atoms with Crippen LogP contribution in [0.5, 0.6) is 0 Å². The van der Waals surface area contributed by atoms with E-state index >= 15 is 0 Å². The van der Waals surface area contributed by atoms with Crippen LogP contribution in [0.2, 0.25) is 0 Å². The van der Waals surface area contributed by atoms with Crippen molar-refractivity contribution in [1.82, 2.24) is 9.80 Å². The molecule has 4 fully saturated rings. The van der Waals surface area contributed by atoms with E-state index in [2.05, 4.69) is 30.9 Å². The Morgan fingerprint density at radius 1 is 1.03 bits per heavy atom. The van der Waals surface area contributed by atoms with Gasteiger partial charge in [0.25, 0.3) is 0 Å². The Morgan fingerprint density at radius 2 is 1.72 bits per heavy atom. The number of carbonyl (C=O) groups is 2. The third-order valence-electron chi connectivity index (χ3n) is 10.3. The highest BCUT2D eigenvalue weighted by Crippen LogP contribution is 2.52. The summed E-state index contributed by atoms with van der Waals surface area (Å²) in [5.74, 6) is 1.18. The van der Waals surface area contributed by atoms with Crippen LogP contribution >= 0.6 is 0 Å². The lowest BCUT2D eigenvalue weighted by atomic mass is 9.65. The molecule has 0 radical (unpaired) electrons. The van der Waals surface area contributed by atoms with E-state index in [9.17, 15) is 14.7 Å². The van der Waals surface area contributed by atoms with E-state index < -0.39 is 5.60 Å². The van der Waals surface area contributed by atoms with Crippen molar-refractivity contribution in [3.63, 3.8) is 0 Å². The first-order valence-corrected chi connectivity index (χ1v) is 14.6. The number of aliphatic hydroxyl groups is 1. The molecule has 5 rings (SSSR count). The van der Waals surface area contributed by atoms with Crippen LogP contribution in [0.4, 0.5) is 0 Å². The molecule has 1 aromatic rings. The van der Waals surface area contributed by atoms with Gasteiger partial charge < -0.3 is 14.9 Å². The summed E-state index contributed by atoms with van der Waals surface area (Å²) in [5.41, 5.74) is -0.249. The molecule has 2 amide bonds. The van der Waals surface area contributed by atoms with Crippen LogP contribution in [0, 0.1) is 17.3 Å². The first-order valence-electron chi connectivity index (χ1n) is 14.6. The van der Waals surface area contributed by atoms with E-state index in [1.807, 2.05) is 23.1 Å². The highest BCUT2D eigenvalue weighted by molar-refractivity contribution is 5.81. The number of hydrogen-bond acceptors (Lipinski definition) is 3. The topological polar surface area (TPSA) is 60.9 Å². The van der Waals surface area contributed by atoms with E-state index in [1.165, 1.54) is 37.7 Å². The molecular formula is C31H46N2O3. The number of likely N-dealkylation sites (tertiary alicyclic amines) is 2. The molecule has 0 aromatic heterocycles. The van der Waals surface area contributed by atoms with Crippen LogP contribution in [0.3, 0.4) is 0 Å². The third kappa shape index (κ3) is 4.85. The zero-order chi connectivity index (χ0) is 25.4. The zero-order valence-corrected chi connectivity index (χ0v) is 22.5. The molecule has 2 saturated carbocycles. The van der Waals surface area contributed by atoms with Gasteiger partial charge in [-0.2, -0.15) is 0 Å². The van der Waals surface area contributed by atoms with Crippen LogP contribution < -0.4 is 0 Å². The van der Waals surface area contributed by atoms with Crippen LogP contribution in [0.25, 0.3) is 0 Å². The molecular weight excluding hydrogens is 448 g/mol. The summed E-state index contributed by atoms with van der Waals surface area (Å²) < 4.78 is 0. The van der Waals surface area contributed by atoms with Gasteiger partial charge in [-0.05, 0) is 37.2 Å². The van der Waals surface area contributed by atoms with Crippen LogP contribution in [0.1, 0.15) is 96.5 Å². The number of nitrogens with zero attached hydrogens (tertiary/aromatic N) is 2. The number of piperidine rings is 1. The molecule has 2 aliphatic heterocycles. The predicted octanol–water partition coefficient (Wildman–Crippen LogP) is 5.31. The second-order valence-electron chi connectivity index (χ2n) is 13.0. The third-order valence-corrected chi connectivity index (χ3v) is 10.3. The van der Waals surface area contributed by atoms with E-state index in [-0.39, 0.29) is 28.6 Å². The Bertz CT molecular complexity index is 936. The van der Waals surface area contributed by atoms with Gasteiger partial charge in [0.2, 0.25) is 11.8 Å². The molecule has 1 aromatic carbocycles. The molecule has 1 N–H and O–H groups in total. The maximum Gasteiger partial charge on any atom is 0.225 e. The van der Waals surface area contributed by atoms with E-state index in [0.717, 1.165) is 32.1 Å². The second kappa shape index (κ2) is 10.1. The van der Waals surface area contributed by atoms with E-state index in [1.54, 1.807) is 0 Å². The van der Waals surface area contributed by atoms with Crippen LogP contribution in [-0.4, -0.2) is 58.5 Å². The SMILES string of the molecule is C[C@H](CC1CCCCC1)C(=O)N1CC[C@@](O)(CN2C[C@@](C)(c3ccccc3)CC2=O)C2(CCCC2)C1. The molecule has 5 nitrogen and oxygen atoms in total. The number of benzene rings is 1. The lowest BCUT2D eigenvalue weighted by molar-refractivity contribution is -0.167. The van der Waals surface area contributed by atoms with E-state index in [0.29, 0.717) is 44.9 Å². The number of amides is 2. The van der Waals surface area contributed by atoms with Crippen molar-refractivity contribution in [1.29, 1.82) is 0 Å². The maximum absolute atomic E-state index is 13.5. The quantitative estimate of drug-likeness (QED) is 0.583. The van der Waals surface area contributed by atoms with Gasteiger partial charge in [-0.1, -0.05) is 89.1 Å². The van der Waals surface area contributed by atoms with Gasteiger partial charge in [0.15, 0.2) is 0 Å². The number of β-amino-alcohol motifs (C(OH)–C–C–N with tert-alkyl or cyclic N) is 1. The molecule has 4 aliphatic rings. The summed E-state index contributed by atoms with van der Waals surface area (Å²) in [6.45, 7) is 6.58. The Balaban J connectivity index is 1.28. The van der Waals surface area contributed by atoms with Crippen LogP contribution in [-0.2, 0) is 15.0 Å². The van der Waals surface area contributed by atoms with Crippen molar-refractivity contribution in [2.24, 2.45) is 17.3 Å². The number of hydrogen-bond donors (Lipinski definition) is 1. The highest BCUT2D eigenvalue weighted by Gasteiger charge is 2.57. The lowest BCUT2D eigenvalue weighted by Gasteiger charge is -2.53. The fraction of sp³-hybridized carbons (Fsp3) is 0.742. The zero-order valence-electron chi connectivity index (χ0n) is 22.5. The average molecular weight is 495 g/mol. The van der Waals surface area contributed by atoms with Gasteiger partial charge in [-0.15, -0.1) is 0 Å². The summed E-state index contributed by atoms with van der Waals surface area (Å²) in [6, 6.07) is 10.3. The number of rotatable bonds is 6. The minimum absolute atomic E-state index is 0.0597. The van der Waals surface area contributed by atoms with Crippen LogP contribution in [0.15, 0.2) is 30.3 Å². The fourth-order valence-corrected chi connectivity index (χ4v) is 8.13. The summed E-state index contributed by atoms with van der Waals surface area (Å²) in [7, 11) is 0. The first kappa shape index (κ1) is 25.8. The fourth-order valence-electron chi connectivity index (χ4n) is 8.13. The minimum Gasteiger partial charge on any atom is -0.387 e.